The van der Waals surface area contributed by atoms with Gasteiger partial charge in [0.05, 0.1) is 28.5 Å². The number of amides is 2. The predicted octanol–water partition coefficient (Wildman–Crippen LogP) is 2.42. The smallest absolute Gasteiger partial charge is 0.309 e. The van der Waals surface area contributed by atoms with E-state index in [1.54, 1.807) is 36.4 Å². The molecule has 8 nitrogen and oxygen atoms in total. The Morgan fingerprint density at radius 1 is 0.941 bits per heavy atom. The third-order valence-corrected chi connectivity index (χ3v) is 8.83. The van der Waals surface area contributed by atoms with Crippen LogP contribution in [0.3, 0.4) is 0 Å². The van der Waals surface area contributed by atoms with Gasteiger partial charge in [-0.3, -0.25) is 19.3 Å². The van der Waals surface area contributed by atoms with E-state index in [0.717, 1.165) is 29.7 Å². The minimum Gasteiger partial charge on any atom is -0.464 e. The molecule has 0 radical (unpaired) electrons. The molecular formula is C25H26N2O6S. The standard InChI is InChI=1S/C25H26N2O6S/c28-23-21-6-1-2-7-22(21)24(29)27(23)14-15-33-25(30)18-10-12-26(13-11-18)34(31,32)20-9-8-17-4-3-5-19(17)16-20/h1-2,6-9,16,18H,3-5,10-15H2. The number of hydrogen-bond acceptors (Lipinski definition) is 6. The summed E-state index contributed by atoms with van der Waals surface area (Å²) in [4.78, 5) is 38.7. The first-order chi connectivity index (χ1) is 16.4. The summed E-state index contributed by atoms with van der Waals surface area (Å²) in [5.41, 5.74) is 3.05. The van der Waals surface area contributed by atoms with Gasteiger partial charge in [0.15, 0.2) is 0 Å². The van der Waals surface area contributed by atoms with E-state index in [0.29, 0.717) is 28.9 Å². The normalized spacial score (nSPS) is 18.8. The van der Waals surface area contributed by atoms with E-state index >= 15 is 0 Å². The molecule has 2 amide bonds. The van der Waals surface area contributed by atoms with Crippen molar-refractivity contribution in [1.82, 2.24) is 9.21 Å². The Morgan fingerprint density at radius 2 is 1.59 bits per heavy atom. The lowest BCUT2D eigenvalue weighted by molar-refractivity contribution is -0.150. The highest BCUT2D eigenvalue weighted by atomic mass is 32.2. The Hall–Kier alpha value is -3.04. The average molecular weight is 483 g/mol. The number of rotatable bonds is 6. The van der Waals surface area contributed by atoms with Crippen LogP contribution in [0.15, 0.2) is 47.4 Å². The fourth-order valence-electron chi connectivity index (χ4n) is 4.99. The highest BCUT2D eigenvalue weighted by Crippen LogP contribution is 2.29. The molecule has 2 aliphatic heterocycles. The van der Waals surface area contributed by atoms with E-state index in [1.807, 2.05) is 6.07 Å². The molecule has 2 aromatic carbocycles. The Kier molecular flexibility index (Phi) is 5.99. The van der Waals surface area contributed by atoms with Gasteiger partial charge in [0, 0.05) is 13.1 Å². The minimum atomic E-state index is -3.60. The van der Waals surface area contributed by atoms with Crippen molar-refractivity contribution in [3.63, 3.8) is 0 Å². The maximum absolute atomic E-state index is 13.1. The van der Waals surface area contributed by atoms with Gasteiger partial charge in [-0.05, 0) is 67.5 Å². The van der Waals surface area contributed by atoms with Crippen molar-refractivity contribution in [3.05, 3.63) is 64.7 Å². The van der Waals surface area contributed by atoms with Crippen LogP contribution in [0.25, 0.3) is 0 Å². The summed E-state index contributed by atoms with van der Waals surface area (Å²) in [7, 11) is -3.60. The number of esters is 1. The summed E-state index contributed by atoms with van der Waals surface area (Å²) in [5.74, 6) is -1.61. The molecule has 5 rings (SSSR count). The number of carbonyl (C=O) groups excluding carboxylic acids is 3. The quantitative estimate of drug-likeness (QED) is 0.463. The summed E-state index contributed by atoms with van der Waals surface area (Å²) in [6, 6.07) is 12.0. The molecule has 0 atom stereocenters. The van der Waals surface area contributed by atoms with Gasteiger partial charge in [-0.1, -0.05) is 18.2 Å². The lowest BCUT2D eigenvalue weighted by Gasteiger charge is -2.30. The van der Waals surface area contributed by atoms with Crippen LogP contribution < -0.4 is 0 Å². The van der Waals surface area contributed by atoms with Crippen LogP contribution in [-0.4, -0.2) is 61.6 Å². The van der Waals surface area contributed by atoms with Gasteiger partial charge in [0.1, 0.15) is 6.61 Å². The van der Waals surface area contributed by atoms with Gasteiger partial charge in [0.25, 0.3) is 11.8 Å². The maximum atomic E-state index is 13.1. The van der Waals surface area contributed by atoms with Crippen LogP contribution in [0.4, 0.5) is 0 Å². The Morgan fingerprint density at radius 3 is 2.26 bits per heavy atom. The first kappa shape index (κ1) is 22.7. The maximum Gasteiger partial charge on any atom is 0.309 e. The summed E-state index contributed by atoms with van der Waals surface area (Å²) in [5, 5.41) is 0. The molecule has 0 unspecified atom stereocenters. The van der Waals surface area contributed by atoms with E-state index < -0.39 is 21.9 Å². The van der Waals surface area contributed by atoms with Crippen LogP contribution in [0.2, 0.25) is 0 Å². The number of nitrogens with zero attached hydrogens (tertiary/aromatic N) is 2. The van der Waals surface area contributed by atoms with Crippen LogP contribution in [-0.2, 0) is 32.4 Å². The van der Waals surface area contributed by atoms with Crippen molar-refractivity contribution in [2.24, 2.45) is 5.92 Å². The SMILES string of the molecule is O=C(OCCN1C(=O)c2ccccc2C1=O)C1CCN(S(=O)(=O)c2ccc3c(c2)CCC3)CC1. The molecule has 9 heteroatoms. The van der Waals surface area contributed by atoms with E-state index in [9.17, 15) is 22.8 Å². The van der Waals surface area contributed by atoms with Gasteiger partial charge in [-0.25, -0.2) is 8.42 Å². The lowest BCUT2D eigenvalue weighted by atomic mass is 9.98. The Balaban J connectivity index is 1.12. The Labute approximate surface area is 198 Å². The molecule has 34 heavy (non-hydrogen) atoms. The molecule has 0 bridgehead atoms. The summed E-state index contributed by atoms with van der Waals surface area (Å²) in [6.45, 7) is 0.400. The average Bonchev–Trinajstić information content (AvgIpc) is 3.42. The zero-order chi connectivity index (χ0) is 23.9. The molecule has 2 heterocycles. The summed E-state index contributed by atoms with van der Waals surface area (Å²) in [6.07, 6.45) is 3.70. The fraction of sp³-hybridized carbons (Fsp3) is 0.400. The second-order valence-corrected chi connectivity index (χ2v) is 10.9. The second-order valence-electron chi connectivity index (χ2n) is 8.94. The zero-order valence-corrected chi connectivity index (χ0v) is 19.6. The van der Waals surface area contributed by atoms with Crippen LogP contribution in [0.1, 0.15) is 51.1 Å². The van der Waals surface area contributed by atoms with E-state index in [1.165, 1.54) is 9.87 Å². The number of piperidine rings is 1. The van der Waals surface area contributed by atoms with Crippen molar-refractivity contribution in [2.75, 3.05) is 26.2 Å². The number of sulfonamides is 1. The fourth-order valence-corrected chi connectivity index (χ4v) is 6.51. The van der Waals surface area contributed by atoms with Crippen molar-refractivity contribution in [2.45, 2.75) is 37.0 Å². The highest BCUT2D eigenvalue weighted by molar-refractivity contribution is 7.89. The van der Waals surface area contributed by atoms with Gasteiger partial charge >= 0.3 is 5.97 Å². The molecule has 0 spiro atoms. The summed E-state index contributed by atoms with van der Waals surface area (Å²) >= 11 is 0. The first-order valence-electron chi connectivity index (χ1n) is 11.6. The highest BCUT2D eigenvalue weighted by Gasteiger charge is 2.36. The number of fused-ring (bicyclic) bond motifs is 2. The monoisotopic (exact) mass is 482 g/mol. The van der Waals surface area contributed by atoms with E-state index in [2.05, 4.69) is 0 Å². The van der Waals surface area contributed by atoms with Crippen molar-refractivity contribution < 1.29 is 27.5 Å². The molecule has 178 valence electrons. The van der Waals surface area contributed by atoms with Crippen LogP contribution in [0, 0.1) is 5.92 Å². The van der Waals surface area contributed by atoms with E-state index in [4.69, 9.17) is 4.74 Å². The molecule has 1 saturated heterocycles. The predicted molar refractivity (Wildman–Crippen MR) is 123 cm³/mol. The van der Waals surface area contributed by atoms with Crippen molar-refractivity contribution in [3.8, 4) is 0 Å². The molecule has 0 N–H and O–H groups in total. The molecule has 3 aliphatic rings. The third-order valence-electron chi connectivity index (χ3n) is 6.93. The zero-order valence-electron chi connectivity index (χ0n) is 18.7. The minimum absolute atomic E-state index is 0.0103. The first-order valence-corrected chi connectivity index (χ1v) is 13.0. The number of benzene rings is 2. The second kappa shape index (κ2) is 8.96. The van der Waals surface area contributed by atoms with Gasteiger partial charge < -0.3 is 4.74 Å². The topological polar surface area (TPSA) is 101 Å². The number of ether oxygens (including phenoxy) is 1. The molecule has 0 aromatic heterocycles. The van der Waals surface area contributed by atoms with Crippen LogP contribution >= 0.6 is 0 Å². The van der Waals surface area contributed by atoms with Gasteiger partial charge in [-0.15, -0.1) is 0 Å². The van der Waals surface area contributed by atoms with Crippen molar-refractivity contribution >= 4 is 27.8 Å². The van der Waals surface area contributed by atoms with Gasteiger partial charge in [-0.2, -0.15) is 4.31 Å². The van der Waals surface area contributed by atoms with Gasteiger partial charge in [0.2, 0.25) is 10.0 Å². The molecule has 0 saturated carbocycles. The molecule has 1 fully saturated rings. The third kappa shape index (κ3) is 4.03. The van der Waals surface area contributed by atoms with Crippen LogP contribution in [0.5, 0.6) is 0 Å². The Bertz CT molecular complexity index is 1230. The van der Waals surface area contributed by atoms with Crippen molar-refractivity contribution in [1.29, 1.82) is 0 Å². The molecule has 1 aliphatic carbocycles. The summed E-state index contributed by atoms with van der Waals surface area (Å²) < 4.78 is 32.9. The molecule has 2 aromatic rings. The lowest BCUT2D eigenvalue weighted by Crippen LogP contribution is -2.41. The number of imide groups is 1. The number of hydrogen-bond donors (Lipinski definition) is 0. The number of aryl methyl sites for hydroxylation is 2. The molecular weight excluding hydrogens is 456 g/mol. The van der Waals surface area contributed by atoms with E-state index in [-0.39, 0.29) is 38.1 Å². The number of carbonyl (C=O) groups is 3. The largest absolute Gasteiger partial charge is 0.464 e.